The Morgan fingerprint density at radius 3 is 2.62 bits per heavy atom. The van der Waals surface area contributed by atoms with Crippen LogP contribution in [0.15, 0.2) is 36.5 Å². The van der Waals surface area contributed by atoms with Crippen molar-refractivity contribution in [1.82, 2.24) is 14.7 Å². The van der Waals surface area contributed by atoms with Gasteiger partial charge >= 0.3 is 5.97 Å². The summed E-state index contributed by atoms with van der Waals surface area (Å²) < 4.78 is 31.3. The number of carbonyl (C=O) groups excluding carboxylic acids is 1. The molecule has 0 bridgehead atoms. The van der Waals surface area contributed by atoms with Crippen LogP contribution in [0.25, 0.3) is 0 Å². The minimum absolute atomic E-state index is 0.231. The van der Waals surface area contributed by atoms with Crippen molar-refractivity contribution in [2.24, 2.45) is 0 Å². The Hall–Kier alpha value is -2.72. The SMILES string of the molecule is CCOC(=O)c1cnc(NCCNS(=O)(=O)C2CC2)nc1NCc1ccccc1. The predicted molar refractivity (Wildman–Crippen MR) is 110 cm³/mol. The van der Waals surface area contributed by atoms with E-state index >= 15 is 0 Å². The number of ether oxygens (including phenoxy) is 1. The van der Waals surface area contributed by atoms with E-state index in [-0.39, 0.29) is 24.0 Å². The summed E-state index contributed by atoms with van der Waals surface area (Å²) in [7, 11) is -3.22. The number of nitrogens with zero attached hydrogens (tertiary/aromatic N) is 2. The van der Waals surface area contributed by atoms with Crippen molar-refractivity contribution in [1.29, 1.82) is 0 Å². The topological polar surface area (TPSA) is 122 Å². The number of sulfonamides is 1. The van der Waals surface area contributed by atoms with Crippen molar-refractivity contribution >= 4 is 27.8 Å². The van der Waals surface area contributed by atoms with Crippen LogP contribution in [0.5, 0.6) is 0 Å². The number of hydrogen-bond donors (Lipinski definition) is 3. The fraction of sp³-hybridized carbons (Fsp3) is 0.421. The summed E-state index contributed by atoms with van der Waals surface area (Å²) >= 11 is 0. The molecular formula is C19H25N5O4S. The molecule has 1 saturated carbocycles. The van der Waals surface area contributed by atoms with Crippen LogP contribution in [-0.4, -0.2) is 49.3 Å². The summed E-state index contributed by atoms with van der Waals surface area (Å²) in [5, 5.41) is 5.86. The second-order valence-electron chi connectivity index (χ2n) is 6.58. The third kappa shape index (κ3) is 6.13. The van der Waals surface area contributed by atoms with Crippen LogP contribution in [0.2, 0.25) is 0 Å². The normalized spacial score (nSPS) is 13.7. The van der Waals surface area contributed by atoms with E-state index in [0.29, 0.717) is 24.9 Å². The molecule has 1 aliphatic rings. The maximum absolute atomic E-state index is 12.2. The van der Waals surface area contributed by atoms with Crippen molar-refractivity contribution in [2.45, 2.75) is 31.6 Å². The van der Waals surface area contributed by atoms with E-state index in [2.05, 4.69) is 25.3 Å². The monoisotopic (exact) mass is 419 g/mol. The van der Waals surface area contributed by atoms with E-state index in [1.54, 1.807) is 6.92 Å². The molecule has 3 rings (SSSR count). The maximum atomic E-state index is 12.2. The smallest absolute Gasteiger partial charge is 0.343 e. The molecule has 0 unspecified atom stereocenters. The lowest BCUT2D eigenvalue weighted by Crippen LogP contribution is -2.31. The van der Waals surface area contributed by atoms with E-state index in [1.165, 1.54) is 6.20 Å². The van der Waals surface area contributed by atoms with Gasteiger partial charge in [-0.25, -0.2) is 22.9 Å². The summed E-state index contributed by atoms with van der Waals surface area (Å²) in [5.74, 6) is 0.134. The van der Waals surface area contributed by atoms with Gasteiger partial charge in [-0.3, -0.25) is 0 Å². The van der Waals surface area contributed by atoms with E-state index in [1.807, 2.05) is 30.3 Å². The molecule has 0 amide bonds. The summed E-state index contributed by atoms with van der Waals surface area (Å²) in [6, 6.07) is 9.71. The Morgan fingerprint density at radius 2 is 1.93 bits per heavy atom. The lowest BCUT2D eigenvalue weighted by molar-refractivity contribution is 0.0526. The molecule has 1 aliphatic carbocycles. The first-order valence-electron chi connectivity index (χ1n) is 9.54. The van der Waals surface area contributed by atoms with Crippen LogP contribution in [0, 0.1) is 0 Å². The molecule has 29 heavy (non-hydrogen) atoms. The average molecular weight is 420 g/mol. The summed E-state index contributed by atoms with van der Waals surface area (Å²) in [5.41, 5.74) is 1.27. The third-order valence-electron chi connectivity index (χ3n) is 4.26. The Balaban J connectivity index is 1.63. The first kappa shape index (κ1) is 21.0. The molecule has 0 spiro atoms. The summed E-state index contributed by atoms with van der Waals surface area (Å²) in [4.78, 5) is 20.7. The molecular weight excluding hydrogens is 394 g/mol. The average Bonchev–Trinajstić information content (AvgIpc) is 3.57. The van der Waals surface area contributed by atoms with Crippen LogP contribution < -0.4 is 15.4 Å². The van der Waals surface area contributed by atoms with Gasteiger partial charge in [0.1, 0.15) is 11.4 Å². The van der Waals surface area contributed by atoms with Crippen LogP contribution >= 0.6 is 0 Å². The second-order valence-corrected chi connectivity index (χ2v) is 8.63. The quantitative estimate of drug-likeness (QED) is 0.372. The zero-order valence-electron chi connectivity index (χ0n) is 16.2. The fourth-order valence-corrected chi connectivity index (χ4v) is 3.98. The third-order valence-corrected chi connectivity index (χ3v) is 6.22. The number of aromatic nitrogens is 2. The van der Waals surface area contributed by atoms with Gasteiger partial charge in [-0.05, 0) is 25.3 Å². The second kappa shape index (κ2) is 9.66. The van der Waals surface area contributed by atoms with Crippen molar-refractivity contribution in [3.05, 3.63) is 47.7 Å². The van der Waals surface area contributed by atoms with Crippen molar-refractivity contribution in [3.63, 3.8) is 0 Å². The number of carbonyl (C=O) groups is 1. The Bertz CT molecular complexity index is 933. The number of nitrogens with one attached hydrogen (secondary N) is 3. The van der Waals surface area contributed by atoms with E-state index < -0.39 is 16.0 Å². The zero-order chi connectivity index (χ0) is 20.7. The molecule has 0 saturated heterocycles. The molecule has 0 radical (unpaired) electrons. The first-order chi connectivity index (χ1) is 14.0. The lowest BCUT2D eigenvalue weighted by atomic mass is 10.2. The van der Waals surface area contributed by atoms with Crippen molar-refractivity contribution in [3.8, 4) is 0 Å². The maximum Gasteiger partial charge on any atom is 0.343 e. The first-order valence-corrected chi connectivity index (χ1v) is 11.1. The van der Waals surface area contributed by atoms with Crippen LogP contribution in [0.3, 0.4) is 0 Å². The predicted octanol–water partition coefficient (Wildman–Crippen LogP) is 1.76. The van der Waals surface area contributed by atoms with Crippen LogP contribution in [-0.2, 0) is 21.3 Å². The van der Waals surface area contributed by atoms with E-state index in [9.17, 15) is 13.2 Å². The molecule has 156 valence electrons. The molecule has 1 fully saturated rings. The molecule has 1 aromatic heterocycles. The van der Waals surface area contributed by atoms with Gasteiger partial charge in [-0.15, -0.1) is 0 Å². The molecule has 0 atom stereocenters. The van der Waals surface area contributed by atoms with E-state index in [0.717, 1.165) is 18.4 Å². The highest BCUT2D eigenvalue weighted by Gasteiger charge is 2.35. The van der Waals surface area contributed by atoms with Gasteiger partial charge in [0, 0.05) is 25.8 Å². The van der Waals surface area contributed by atoms with Gasteiger partial charge in [0.2, 0.25) is 16.0 Å². The molecule has 1 heterocycles. The van der Waals surface area contributed by atoms with Crippen molar-refractivity contribution in [2.75, 3.05) is 30.3 Å². The largest absolute Gasteiger partial charge is 0.462 e. The van der Waals surface area contributed by atoms with Gasteiger partial charge in [-0.1, -0.05) is 30.3 Å². The number of benzene rings is 1. The molecule has 0 aliphatic heterocycles. The molecule has 2 aromatic rings. The Kier molecular flexibility index (Phi) is 6.99. The van der Waals surface area contributed by atoms with Gasteiger partial charge in [0.15, 0.2) is 0 Å². The highest BCUT2D eigenvalue weighted by Crippen LogP contribution is 2.27. The standard InChI is InChI=1S/C19H25N5O4S/c1-2-28-18(25)16-13-22-19(20-10-11-23-29(26,27)15-8-9-15)24-17(16)21-12-14-6-4-3-5-7-14/h3-7,13,15,23H,2,8-12H2,1H3,(H2,20,21,22,24). The highest BCUT2D eigenvalue weighted by molar-refractivity contribution is 7.90. The minimum Gasteiger partial charge on any atom is -0.462 e. The molecule has 9 nitrogen and oxygen atoms in total. The summed E-state index contributed by atoms with van der Waals surface area (Å²) in [6.07, 6.45) is 2.84. The van der Waals surface area contributed by atoms with Gasteiger partial charge in [0.05, 0.1) is 11.9 Å². The number of hydrogen-bond acceptors (Lipinski definition) is 8. The van der Waals surface area contributed by atoms with Crippen LogP contribution in [0.4, 0.5) is 11.8 Å². The molecule has 10 heteroatoms. The molecule has 1 aromatic carbocycles. The summed E-state index contributed by atoms with van der Waals surface area (Å²) in [6.45, 7) is 3.01. The van der Waals surface area contributed by atoms with Gasteiger partial charge in [0.25, 0.3) is 0 Å². The highest BCUT2D eigenvalue weighted by atomic mass is 32.2. The Morgan fingerprint density at radius 1 is 1.17 bits per heavy atom. The number of rotatable bonds is 11. The van der Waals surface area contributed by atoms with Gasteiger partial charge < -0.3 is 15.4 Å². The number of esters is 1. The van der Waals surface area contributed by atoms with Gasteiger partial charge in [-0.2, -0.15) is 4.98 Å². The van der Waals surface area contributed by atoms with E-state index in [4.69, 9.17) is 4.74 Å². The zero-order valence-corrected chi connectivity index (χ0v) is 17.0. The van der Waals surface area contributed by atoms with Crippen LogP contribution in [0.1, 0.15) is 35.7 Å². The Labute approximate surface area is 170 Å². The minimum atomic E-state index is -3.22. The lowest BCUT2D eigenvalue weighted by Gasteiger charge is -2.13. The fourth-order valence-electron chi connectivity index (χ4n) is 2.61. The van der Waals surface area contributed by atoms with Crippen molar-refractivity contribution < 1.29 is 17.9 Å². The molecule has 3 N–H and O–H groups in total. The number of anilines is 2.